The molecule has 2 aliphatic heterocycles. The number of aliphatic carboxylic acids is 1. The van der Waals surface area contributed by atoms with E-state index in [1.54, 1.807) is 29.2 Å². The van der Waals surface area contributed by atoms with Crippen molar-refractivity contribution in [3.05, 3.63) is 71.3 Å². The highest BCUT2D eigenvalue weighted by Crippen LogP contribution is 2.31. The van der Waals surface area contributed by atoms with Crippen molar-refractivity contribution in [2.24, 2.45) is 5.92 Å². The summed E-state index contributed by atoms with van der Waals surface area (Å²) in [7, 11) is 0. The van der Waals surface area contributed by atoms with Gasteiger partial charge < -0.3 is 10.0 Å². The highest BCUT2D eigenvalue weighted by atomic mass is 16.4. The number of carboxylic acids is 1. The molecule has 31 heavy (non-hydrogen) atoms. The monoisotopic (exact) mass is 420 g/mol. The van der Waals surface area contributed by atoms with E-state index in [4.69, 9.17) is 0 Å². The van der Waals surface area contributed by atoms with Gasteiger partial charge >= 0.3 is 5.97 Å². The van der Waals surface area contributed by atoms with Crippen LogP contribution in [0.15, 0.2) is 54.6 Å². The molecular weight excluding hydrogens is 396 g/mol. The van der Waals surface area contributed by atoms with Gasteiger partial charge in [-0.15, -0.1) is 0 Å². The average Bonchev–Trinajstić information content (AvgIpc) is 3.18. The average molecular weight is 420 g/mol. The molecule has 0 aromatic heterocycles. The first-order valence-corrected chi connectivity index (χ1v) is 10.5. The lowest BCUT2D eigenvalue weighted by atomic mass is 10.0. The van der Waals surface area contributed by atoms with Crippen LogP contribution >= 0.6 is 0 Å². The van der Waals surface area contributed by atoms with Gasteiger partial charge in [-0.1, -0.05) is 42.5 Å². The van der Waals surface area contributed by atoms with E-state index < -0.39 is 11.9 Å². The third kappa shape index (κ3) is 4.21. The summed E-state index contributed by atoms with van der Waals surface area (Å²) in [5, 5.41) is 9.19. The Morgan fingerprint density at radius 2 is 1.55 bits per heavy atom. The fraction of sp³-hybridized carbons (Fsp3) is 0.333. The van der Waals surface area contributed by atoms with Crippen molar-refractivity contribution in [3.8, 4) is 0 Å². The predicted octanol–water partition coefficient (Wildman–Crippen LogP) is 2.61. The zero-order valence-electron chi connectivity index (χ0n) is 17.1. The van der Waals surface area contributed by atoms with Gasteiger partial charge in [0, 0.05) is 13.1 Å². The summed E-state index contributed by atoms with van der Waals surface area (Å²) in [6.07, 6.45) is 1.58. The minimum Gasteiger partial charge on any atom is -0.481 e. The molecule has 0 bridgehead atoms. The summed E-state index contributed by atoms with van der Waals surface area (Å²) in [5.41, 5.74) is 1.90. The number of rotatable bonds is 8. The zero-order valence-corrected chi connectivity index (χ0v) is 17.1. The van der Waals surface area contributed by atoms with Crippen LogP contribution in [0.5, 0.6) is 0 Å². The quantitative estimate of drug-likeness (QED) is 0.663. The van der Waals surface area contributed by atoms with Crippen LogP contribution in [0, 0.1) is 5.92 Å². The molecule has 2 aromatic rings. The highest BCUT2D eigenvalue weighted by Gasteiger charge is 2.44. The number of imide groups is 1. The number of fused-ring (bicyclic) bond motifs is 1. The fourth-order valence-corrected chi connectivity index (χ4v) is 4.53. The fourth-order valence-electron chi connectivity index (χ4n) is 4.53. The van der Waals surface area contributed by atoms with Crippen molar-refractivity contribution >= 4 is 23.7 Å². The molecule has 2 aliphatic rings. The lowest BCUT2D eigenvalue weighted by Gasteiger charge is -2.28. The molecular formula is C24H24N2O5. The number of nitrogens with zero attached hydrogens (tertiary/aromatic N) is 2. The molecule has 0 spiro atoms. The molecule has 160 valence electrons. The molecule has 7 nitrogen and oxygen atoms in total. The molecule has 1 saturated heterocycles. The second-order valence-electron chi connectivity index (χ2n) is 8.07. The summed E-state index contributed by atoms with van der Waals surface area (Å²) in [5.74, 6) is -2.59. The largest absolute Gasteiger partial charge is 0.481 e. The van der Waals surface area contributed by atoms with Gasteiger partial charge in [0.2, 0.25) is 5.91 Å². The van der Waals surface area contributed by atoms with Crippen LogP contribution in [0.3, 0.4) is 0 Å². The molecule has 4 rings (SSSR count). The Morgan fingerprint density at radius 3 is 2.16 bits per heavy atom. The van der Waals surface area contributed by atoms with Crippen molar-refractivity contribution in [2.45, 2.75) is 31.7 Å². The van der Waals surface area contributed by atoms with Crippen LogP contribution in [-0.2, 0) is 16.0 Å². The van der Waals surface area contributed by atoms with Crippen molar-refractivity contribution in [2.75, 3.05) is 13.1 Å². The summed E-state index contributed by atoms with van der Waals surface area (Å²) < 4.78 is 0. The minimum atomic E-state index is -1.02. The molecule has 2 heterocycles. The topological polar surface area (TPSA) is 95.0 Å². The number of hydrogen-bond donors (Lipinski definition) is 1. The lowest BCUT2D eigenvalue weighted by molar-refractivity contribution is -0.142. The third-order valence-electron chi connectivity index (χ3n) is 6.03. The first-order valence-electron chi connectivity index (χ1n) is 10.5. The molecule has 0 unspecified atom stereocenters. The summed E-state index contributed by atoms with van der Waals surface area (Å²) in [6.45, 7) is 0.539. The van der Waals surface area contributed by atoms with E-state index in [1.807, 2.05) is 30.3 Å². The summed E-state index contributed by atoms with van der Waals surface area (Å²) in [4.78, 5) is 52.5. The summed E-state index contributed by atoms with van der Waals surface area (Å²) >= 11 is 0. The second-order valence-corrected chi connectivity index (χ2v) is 8.07. The van der Waals surface area contributed by atoms with E-state index in [2.05, 4.69) is 0 Å². The summed E-state index contributed by atoms with van der Waals surface area (Å²) in [6, 6.07) is 16.2. The Labute approximate surface area is 180 Å². The first kappa shape index (κ1) is 20.8. The number of amides is 3. The number of hydrogen-bond acceptors (Lipinski definition) is 4. The standard InChI is InChI=1S/C24H24N2O5/c27-21(28)14-17-13-18(15-26-23(30)19-10-4-5-11-20(19)24(26)31)25(22(17)29)12-6-9-16-7-2-1-3-8-16/h1-5,7-8,10-11,17-18H,6,9,12-15H2,(H,27,28)/t17-,18-/m0/s1. The van der Waals surface area contributed by atoms with Crippen LogP contribution in [0.4, 0.5) is 0 Å². The van der Waals surface area contributed by atoms with Gasteiger partial charge in [0.15, 0.2) is 0 Å². The van der Waals surface area contributed by atoms with Crippen molar-refractivity contribution in [1.82, 2.24) is 9.80 Å². The maximum atomic E-state index is 12.9. The smallest absolute Gasteiger partial charge is 0.304 e. The van der Waals surface area contributed by atoms with E-state index >= 15 is 0 Å². The highest BCUT2D eigenvalue weighted by molar-refractivity contribution is 6.21. The molecule has 1 fully saturated rings. The minimum absolute atomic E-state index is 0.0829. The second kappa shape index (κ2) is 8.71. The molecule has 2 aromatic carbocycles. The molecule has 1 N–H and O–H groups in total. The van der Waals surface area contributed by atoms with Crippen molar-refractivity contribution in [3.63, 3.8) is 0 Å². The van der Waals surface area contributed by atoms with E-state index in [-0.39, 0.29) is 36.7 Å². The SMILES string of the molecule is O=C(O)C[C@@H]1C[C@@H](CN2C(=O)c3ccccc3C2=O)N(CCCc2ccccc2)C1=O. The number of carboxylic acid groups (broad SMARTS) is 1. The van der Waals surface area contributed by atoms with Crippen molar-refractivity contribution < 1.29 is 24.3 Å². The lowest BCUT2D eigenvalue weighted by Crippen LogP contribution is -2.44. The maximum Gasteiger partial charge on any atom is 0.304 e. The molecule has 0 aliphatic carbocycles. The van der Waals surface area contributed by atoms with Gasteiger partial charge in [-0.05, 0) is 37.0 Å². The van der Waals surface area contributed by atoms with Gasteiger partial charge in [0.1, 0.15) is 0 Å². The number of benzene rings is 2. The zero-order chi connectivity index (χ0) is 22.0. The Balaban J connectivity index is 1.48. The normalized spacial score (nSPS) is 20.5. The Bertz CT molecular complexity index is 985. The van der Waals surface area contributed by atoms with Gasteiger partial charge in [-0.2, -0.15) is 0 Å². The number of carbonyl (C=O) groups is 4. The number of carbonyl (C=O) groups excluding carboxylic acids is 3. The Hall–Kier alpha value is -3.48. The van der Waals surface area contributed by atoms with E-state index in [0.29, 0.717) is 30.5 Å². The van der Waals surface area contributed by atoms with Gasteiger partial charge in [0.25, 0.3) is 11.8 Å². The number of likely N-dealkylation sites (tertiary alicyclic amines) is 1. The van der Waals surface area contributed by atoms with Crippen LogP contribution < -0.4 is 0 Å². The van der Waals surface area contributed by atoms with Crippen LogP contribution in [0.2, 0.25) is 0 Å². The van der Waals surface area contributed by atoms with Crippen LogP contribution in [0.1, 0.15) is 45.5 Å². The van der Waals surface area contributed by atoms with Crippen LogP contribution in [0.25, 0.3) is 0 Å². The van der Waals surface area contributed by atoms with Crippen molar-refractivity contribution in [1.29, 1.82) is 0 Å². The van der Waals surface area contributed by atoms with Crippen LogP contribution in [-0.4, -0.2) is 57.7 Å². The van der Waals surface area contributed by atoms with Gasteiger partial charge in [-0.25, -0.2) is 0 Å². The van der Waals surface area contributed by atoms with E-state index in [0.717, 1.165) is 12.0 Å². The van der Waals surface area contributed by atoms with Gasteiger partial charge in [0.05, 0.1) is 29.5 Å². The molecule has 3 amide bonds. The maximum absolute atomic E-state index is 12.9. The predicted molar refractivity (Wildman–Crippen MR) is 112 cm³/mol. The molecule has 7 heteroatoms. The van der Waals surface area contributed by atoms with Gasteiger partial charge in [-0.3, -0.25) is 24.1 Å². The Kier molecular flexibility index (Phi) is 5.84. The molecule has 2 atom stereocenters. The first-order chi connectivity index (χ1) is 15.0. The van der Waals surface area contributed by atoms with E-state index in [1.165, 1.54) is 4.90 Å². The third-order valence-corrected chi connectivity index (χ3v) is 6.03. The molecule has 0 radical (unpaired) electrons. The van der Waals surface area contributed by atoms with E-state index in [9.17, 15) is 24.3 Å². The number of aryl methyl sites for hydroxylation is 1. The Morgan fingerprint density at radius 1 is 0.935 bits per heavy atom. The molecule has 0 saturated carbocycles.